The summed E-state index contributed by atoms with van der Waals surface area (Å²) >= 11 is 0. The van der Waals surface area contributed by atoms with Crippen LogP contribution >= 0.6 is 0 Å². The number of amides is 3. The number of pyridine rings is 2. The van der Waals surface area contributed by atoms with E-state index in [9.17, 15) is 24.3 Å². The summed E-state index contributed by atoms with van der Waals surface area (Å²) in [4.78, 5) is 59.8. The minimum absolute atomic E-state index is 0.0561. The molecular formula is C29H38N6O5. The van der Waals surface area contributed by atoms with Crippen LogP contribution in [0, 0.1) is 11.8 Å². The molecule has 0 aromatic carbocycles. The smallest absolute Gasteiger partial charge is 0.407 e. The van der Waals surface area contributed by atoms with Crippen LogP contribution < -0.4 is 10.9 Å². The van der Waals surface area contributed by atoms with E-state index in [2.05, 4.69) is 29.1 Å². The van der Waals surface area contributed by atoms with E-state index < -0.39 is 17.9 Å². The number of hydrogen-bond acceptors (Lipinski definition) is 5. The zero-order chi connectivity index (χ0) is 29.4. The highest BCUT2D eigenvalue weighted by Crippen LogP contribution is 2.21. The van der Waals surface area contributed by atoms with Crippen molar-refractivity contribution < 1.29 is 19.5 Å². The van der Waals surface area contributed by atoms with E-state index in [-0.39, 0.29) is 30.2 Å². The third-order valence-corrected chi connectivity index (χ3v) is 6.49. The highest BCUT2D eigenvalue weighted by atomic mass is 16.4. The molecular weight excluding hydrogens is 512 g/mol. The number of carbonyl (C=O) groups is 3. The lowest BCUT2D eigenvalue weighted by molar-refractivity contribution is -0.123. The van der Waals surface area contributed by atoms with Gasteiger partial charge in [0.2, 0.25) is 11.8 Å². The molecule has 214 valence electrons. The molecule has 0 fully saturated rings. The quantitative estimate of drug-likeness (QED) is 0.295. The molecule has 0 aliphatic carbocycles. The average molecular weight is 551 g/mol. The van der Waals surface area contributed by atoms with Crippen LogP contribution in [0.25, 0.3) is 10.9 Å². The number of anilines is 1. The van der Waals surface area contributed by atoms with Gasteiger partial charge < -0.3 is 29.8 Å². The second-order valence-electron chi connectivity index (χ2n) is 10.6. The molecule has 40 heavy (non-hydrogen) atoms. The van der Waals surface area contributed by atoms with Crippen molar-refractivity contribution in [1.82, 2.24) is 24.3 Å². The molecule has 3 aromatic heterocycles. The summed E-state index contributed by atoms with van der Waals surface area (Å²) in [5.41, 5.74) is 2.68. The summed E-state index contributed by atoms with van der Waals surface area (Å²) in [7, 11) is 4.65. The van der Waals surface area contributed by atoms with Gasteiger partial charge in [-0.05, 0) is 55.0 Å². The first-order chi connectivity index (χ1) is 19.0. The molecule has 3 N–H and O–H groups in total. The minimum atomic E-state index is -1.16. The number of rotatable bonds is 12. The van der Waals surface area contributed by atoms with Gasteiger partial charge >= 0.3 is 6.09 Å². The van der Waals surface area contributed by atoms with Crippen LogP contribution in [0.5, 0.6) is 0 Å². The SMILES string of the molecule is CC(C)Cc1cncc2cc(Cn3cccc(NC(=O)[C@@H](CC/C=C/C(=O)N(C)C)CN(C)C(=O)O)c3=O)[nH]c12. The van der Waals surface area contributed by atoms with Crippen molar-refractivity contribution >= 4 is 34.5 Å². The minimum Gasteiger partial charge on any atom is -0.465 e. The van der Waals surface area contributed by atoms with Crippen molar-refractivity contribution in [2.24, 2.45) is 11.8 Å². The molecule has 0 aliphatic heterocycles. The number of allylic oxidation sites excluding steroid dienone is 1. The number of fused-ring (bicyclic) bond motifs is 1. The maximum atomic E-state index is 13.3. The number of carboxylic acid groups (broad SMARTS) is 1. The number of aromatic nitrogens is 3. The zero-order valence-electron chi connectivity index (χ0n) is 23.7. The molecule has 0 radical (unpaired) electrons. The molecule has 0 unspecified atom stereocenters. The van der Waals surface area contributed by atoms with Gasteiger partial charge in [0.15, 0.2) is 0 Å². The number of nitrogens with zero attached hydrogens (tertiary/aromatic N) is 4. The van der Waals surface area contributed by atoms with E-state index >= 15 is 0 Å². The Balaban J connectivity index is 1.77. The predicted octanol–water partition coefficient (Wildman–Crippen LogP) is 3.56. The van der Waals surface area contributed by atoms with Crippen LogP contribution in [0.2, 0.25) is 0 Å². The lowest BCUT2D eigenvalue weighted by Gasteiger charge is -2.21. The van der Waals surface area contributed by atoms with Crippen molar-refractivity contribution in [3.63, 3.8) is 0 Å². The van der Waals surface area contributed by atoms with Gasteiger partial charge in [0.25, 0.3) is 5.56 Å². The number of hydrogen-bond donors (Lipinski definition) is 3. The largest absolute Gasteiger partial charge is 0.465 e. The van der Waals surface area contributed by atoms with Crippen molar-refractivity contribution in [3.8, 4) is 0 Å². The Morgan fingerprint density at radius 3 is 2.62 bits per heavy atom. The Morgan fingerprint density at radius 2 is 1.95 bits per heavy atom. The molecule has 0 bridgehead atoms. The Morgan fingerprint density at radius 1 is 1.20 bits per heavy atom. The second-order valence-corrected chi connectivity index (χ2v) is 10.6. The fraction of sp³-hybridized carbons (Fsp3) is 0.414. The molecule has 3 amide bonds. The number of likely N-dealkylation sites (N-methyl/N-ethyl adjacent to an activating group) is 1. The first kappa shape index (κ1) is 30.1. The first-order valence-electron chi connectivity index (χ1n) is 13.2. The van der Waals surface area contributed by atoms with Crippen LogP contribution in [-0.4, -0.2) is 75.0 Å². The lowest BCUT2D eigenvalue weighted by Crippen LogP contribution is -2.37. The topological polar surface area (TPSA) is 141 Å². The van der Waals surface area contributed by atoms with Crippen LogP contribution in [0.1, 0.15) is 37.9 Å². The standard InChI is InChI=1S/C29H38N6O5/c1-19(2)13-21-15-30-16-22-14-23(31-26(21)22)18-35-12-8-10-24(28(35)38)32-27(37)20(17-34(5)29(39)40)9-6-7-11-25(36)33(3)4/h7-8,10-12,14-16,19-20,31H,6,9,13,17-18H2,1-5H3,(H,32,37)(H,39,40)/b11-7+/t20-/m0/s1. The lowest BCUT2D eigenvalue weighted by atomic mass is 10.0. The average Bonchev–Trinajstić information content (AvgIpc) is 3.31. The van der Waals surface area contributed by atoms with Crippen molar-refractivity contribution in [1.29, 1.82) is 0 Å². The van der Waals surface area contributed by atoms with Gasteiger partial charge in [-0.25, -0.2) is 4.79 Å². The molecule has 0 saturated carbocycles. The van der Waals surface area contributed by atoms with Gasteiger partial charge in [-0.3, -0.25) is 19.4 Å². The maximum Gasteiger partial charge on any atom is 0.407 e. The zero-order valence-corrected chi connectivity index (χ0v) is 23.7. The van der Waals surface area contributed by atoms with Gasteiger partial charge in [-0.15, -0.1) is 0 Å². The summed E-state index contributed by atoms with van der Waals surface area (Å²) in [6.45, 7) is 4.51. The molecule has 11 nitrogen and oxygen atoms in total. The molecule has 0 spiro atoms. The summed E-state index contributed by atoms with van der Waals surface area (Å²) < 4.78 is 1.50. The van der Waals surface area contributed by atoms with Crippen LogP contribution in [-0.2, 0) is 22.6 Å². The van der Waals surface area contributed by atoms with Crippen molar-refractivity contribution in [3.05, 3.63) is 70.6 Å². The van der Waals surface area contributed by atoms with E-state index in [1.807, 2.05) is 12.3 Å². The second kappa shape index (κ2) is 13.6. The van der Waals surface area contributed by atoms with Gasteiger partial charge in [-0.1, -0.05) is 19.9 Å². The highest BCUT2D eigenvalue weighted by Gasteiger charge is 2.23. The van der Waals surface area contributed by atoms with Gasteiger partial charge in [0, 0.05) is 57.4 Å². The third-order valence-electron chi connectivity index (χ3n) is 6.49. The summed E-state index contributed by atoms with van der Waals surface area (Å²) in [5.74, 6) is -0.909. The summed E-state index contributed by atoms with van der Waals surface area (Å²) in [5, 5.41) is 13.0. The Kier molecular flexibility index (Phi) is 10.2. The number of carbonyl (C=O) groups excluding carboxylic acids is 2. The molecule has 0 aliphatic rings. The van der Waals surface area contributed by atoms with Crippen LogP contribution in [0.15, 0.2) is 53.7 Å². The fourth-order valence-corrected chi connectivity index (χ4v) is 4.37. The Hall–Kier alpha value is -4.41. The van der Waals surface area contributed by atoms with Crippen molar-refractivity contribution in [2.75, 3.05) is 33.0 Å². The van der Waals surface area contributed by atoms with Crippen molar-refractivity contribution in [2.45, 2.75) is 39.7 Å². The highest BCUT2D eigenvalue weighted by molar-refractivity contribution is 5.92. The third kappa shape index (κ3) is 8.05. The fourth-order valence-electron chi connectivity index (χ4n) is 4.37. The molecule has 11 heteroatoms. The molecule has 3 rings (SSSR count). The molecule has 0 saturated heterocycles. The Bertz CT molecular complexity index is 1440. The van der Waals surface area contributed by atoms with Crippen LogP contribution in [0.3, 0.4) is 0 Å². The monoisotopic (exact) mass is 550 g/mol. The summed E-state index contributed by atoms with van der Waals surface area (Å²) in [6.07, 6.45) is 8.77. The van der Waals surface area contributed by atoms with E-state index in [0.29, 0.717) is 18.8 Å². The van der Waals surface area contributed by atoms with Gasteiger partial charge in [-0.2, -0.15) is 0 Å². The molecule has 1 atom stereocenters. The van der Waals surface area contributed by atoms with Crippen LogP contribution in [0.4, 0.5) is 10.5 Å². The van der Waals surface area contributed by atoms with Gasteiger partial charge in [0.1, 0.15) is 5.69 Å². The maximum absolute atomic E-state index is 13.3. The van der Waals surface area contributed by atoms with E-state index in [1.165, 1.54) is 28.7 Å². The summed E-state index contributed by atoms with van der Waals surface area (Å²) in [6, 6.07) is 5.18. The number of aromatic amines is 1. The normalized spacial score (nSPS) is 12.2. The Labute approximate surface area is 233 Å². The molecule has 3 aromatic rings. The molecule has 3 heterocycles. The van der Waals surface area contributed by atoms with E-state index in [0.717, 1.165) is 33.5 Å². The number of H-pyrrole nitrogens is 1. The van der Waals surface area contributed by atoms with E-state index in [4.69, 9.17) is 0 Å². The van der Waals surface area contributed by atoms with Gasteiger partial charge in [0.05, 0.1) is 18.0 Å². The first-order valence-corrected chi connectivity index (χ1v) is 13.2. The number of nitrogens with one attached hydrogen (secondary N) is 2. The predicted molar refractivity (Wildman–Crippen MR) is 154 cm³/mol. The van der Waals surface area contributed by atoms with E-state index in [1.54, 1.807) is 38.6 Å².